The van der Waals surface area contributed by atoms with Crippen molar-refractivity contribution in [1.82, 2.24) is 19.8 Å². The number of imidazole rings is 1. The van der Waals surface area contributed by atoms with Crippen LogP contribution in [-0.4, -0.2) is 34.6 Å². The summed E-state index contributed by atoms with van der Waals surface area (Å²) in [7, 11) is 1.93. The van der Waals surface area contributed by atoms with Crippen LogP contribution in [0.25, 0.3) is 6.08 Å². The van der Waals surface area contributed by atoms with E-state index in [-0.39, 0.29) is 0 Å². The Labute approximate surface area is 101 Å². The highest BCUT2D eigenvalue weighted by molar-refractivity contribution is 5.40. The number of nitriles is 1. The van der Waals surface area contributed by atoms with Crippen molar-refractivity contribution in [2.75, 3.05) is 20.1 Å². The summed E-state index contributed by atoms with van der Waals surface area (Å²) in [5.41, 5.74) is 2.26. The minimum atomic E-state index is 0.420. The molecule has 1 N–H and O–H groups in total. The Morgan fingerprint density at radius 2 is 2.53 bits per heavy atom. The van der Waals surface area contributed by atoms with Crippen LogP contribution in [0.3, 0.4) is 0 Å². The van der Waals surface area contributed by atoms with Crippen LogP contribution in [0, 0.1) is 11.3 Å². The molecular weight excluding hydrogens is 214 g/mol. The fraction of sp³-hybridized carbons (Fsp3) is 0.500. The second-order valence-corrected chi connectivity index (χ2v) is 4.23. The largest absolute Gasteiger partial charge is 0.326 e. The molecular formula is C12H17N5. The fourth-order valence-electron chi connectivity index (χ4n) is 2.12. The van der Waals surface area contributed by atoms with Gasteiger partial charge in [0.05, 0.1) is 24.0 Å². The van der Waals surface area contributed by atoms with Crippen LogP contribution in [0.4, 0.5) is 0 Å². The monoisotopic (exact) mass is 231 g/mol. The maximum atomic E-state index is 8.66. The van der Waals surface area contributed by atoms with Gasteiger partial charge in [-0.05, 0) is 13.1 Å². The summed E-state index contributed by atoms with van der Waals surface area (Å²) in [5.74, 6) is 0.932. The number of rotatable bonds is 4. The van der Waals surface area contributed by atoms with Gasteiger partial charge in [0, 0.05) is 26.2 Å². The van der Waals surface area contributed by atoms with Gasteiger partial charge in [-0.2, -0.15) is 5.26 Å². The summed E-state index contributed by atoms with van der Waals surface area (Å²) in [5, 5.41) is 12.0. The number of nitrogens with one attached hydrogen (secondary N) is 1. The van der Waals surface area contributed by atoms with Gasteiger partial charge in [-0.1, -0.05) is 6.58 Å². The average molecular weight is 231 g/mol. The van der Waals surface area contributed by atoms with E-state index in [9.17, 15) is 0 Å². The van der Waals surface area contributed by atoms with Crippen LogP contribution in [0.2, 0.25) is 0 Å². The minimum absolute atomic E-state index is 0.420. The molecule has 5 nitrogen and oxygen atoms in total. The summed E-state index contributed by atoms with van der Waals surface area (Å²) in [6.07, 6.45) is 1.79. The molecule has 0 atom stereocenters. The minimum Gasteiger partial charge on any atom is -0.326 e. The van der Waals surface area contributed by atoms with Crippen molar-refractivity contribution in [2.24, 2.45) is 0 Å². The molecule has 0 saturated carbocycles. The maximum Gasteiger partial charge on any atom is 0.132 e. The van der Waals surface area contributed by atoms with E-state index < -0.39 is 0 Å². The van der Waals surface area contributed by atoms with E-state index in [2.05, 4.69) is 27.5 Å². The number of aromatic nitrogens is 2. The quantitative estimate of drug-likeness (QED) is 0.770. The Hall–Kier alpha value is -1.64. The average Bonchev–Trinajstić information content (AvgIpc) is 2.68. The molecule has 0 fully saturated rings. The summed E-state index contributed by atoms with van der Waals surface area (Å²) in [6.45, 7) is 7.67. The third-order valence-corrected chi connectivity index (χ3v) is 2.93. The second-order valence-electron chi connectivity index (χ2n) is 4.23. The lowest BCUT2D eigenvalue weighted by molar-refractivity contribution is 0.359. The molecule has 2 rings (SSSR count). The van der Waals surface area contributed by atoms with E-state index in [1.165, 1.54) is 5.69 Å². The van der Waals surface area contributed by atoms with Crippen molar-refractivity contribution >= 4 is 6.08 Å². The highest BCUT2D eigenvalue weighted by Gasteiger charge is 2.18. The molecule has 5 heteroatoms. The highest BCUT2D eigenvalue weighted by atomic mass is 15.2. The van der Waals surface area contributed by atoms with Gasteiger partial charge in [-0.25, -0.2) is 4.98 Å². The van der Waals surface area contributed by atoms with E-state index in [1.54, 1.807) is 6.08 Å². The lowest BCUT2D eigenvalue weighted by Gasteiger charge is -2.19. The zero-order valence-corrected chi connectivity index (χ0v) is 10.1. The predicted octanol–water partition coefficient (Wildman–Crippen LogP) is 0.585. The zero-order valence-electron chi connectivity index (χ0n) is 10.1. The van der Waals surface area contributed by atoms with Gasteiger partial charge in [0.25, 0.3) is 0 Å². The van der Waals surface area contributed by atoms with Crippen LogP contribution in [0.1, 0.15) is 17.2 Å². The normalized spacial score (nSPS) is 14.4. The molecule has 1 aliphatic rings. The first-order chi connectivity index (χ1) is 8.26. The Morgan fingerprint density at radius 1 is 1.71 bits per heavy atom. The molecule has 2 heterocycles. The van der Waals surface area contributed by atoms with E-state index >= 15 is 0 Å². The topological polar surface area (TPSA) is 56.9 Å². The van der Waals surface area contributed by atoms with Crippen molar-refractivity contribution in [2.45, 2.75) is 19.6 Å². The van der Waals surface area contributed by atoms with Gasteiger partial charge >= 0.3 is 0 Å². The second kappa shape index (κ2) is 5.13. The van der Waals surface area contributed by atoms with Crippen LogP contribution < -0.4 is 5.32 Å². The summed E-state index contributed by atoms with van der Waals surface area (Å²) in [4.78, 5) is 6.55. The number of hydrogen-bond acceptors (Lipinski definition) is 4. The fourth-order valence-corrected chi connectivity index (χ4v) is 2.12. The Bertz CT molecular complexity index is 454. The number of fused-ring (bicyclic) bond motifs is 1. The predicted molar refractivity (Wildman–Crippen MR) is 66.0 cm³/mol. The molecule has 0 saturated heterocycles. The van der Waals surface area contributed by atoms with Gasteiger partial charge in [0.1, 0.15) is 5.82 Å². The first kappa shape index (κ1) is 11.8. The molecule has 0 radical (unpaired) electrons. The van der Waals surface area contributed by atoms with E-state index in [4.69, 9.17) is 5.26 Å². The van der Waals surface area contributed by atoms with Crippen molar-refractivity contribution in [3.8, 4) is 6.07 Å². The van der Waals surface area contributed by atoms with Crippen molar-refractivity contribution in [1.29, 1.82) is 5.26 Å². The molecule has 0 spiro atoms. The Morgan fingerprint density at radius 3 is 3.24 bits per heavy atom. The van der Waals surface area contributed by atoms with E-state index in [0.717, 1.165) is 31.2 Å². The third-order valence-electron chi connectivity index (χ3n) is 2.93. The van der Waals surface area contributed by atoms with Crippen molar-refractivity contribution in [3.63, 3.8) is 0 Å². The van der Waals surface area contributed by atoms with Crippen LogP contribution in [-0.2, 0) is 19.6 Å². The van der Waals surface area contributed by atoms with Crippen LogP contribution >= 0.6 is 0 Å². The lowest BCUT2D eigenvalue weighted by atomic mass is 10.2. The van der Waals surface area contributed by atoms with E-state index in [1.807, 2.05) is 11.9 Å². The van der Waals surface area contributed by atoms with Gasteiger partial charge in [0.2, 0.25) is 0 Å². The summed E-state index contributed by atoms with van der Waals surface area (Å²) < 4.78 is 2.21. The van der Waals surface area contributed by atoms with Gasteiger partial charge < -0.3 is 9.88 Å². The molecule has 17 heavy (non-hydrogen) atoms. The first-order valence-corrected chi connectivity index (χ1v) is 5.73. The van der Waals surface area contributed by atoms with Crippen LogP contribution in [0.15, 0.2) is 6.58 Å². The van der Waals surface area contributed by atoms with Crippen molar-refractivity contribution < 1.29 is 0 Å². The molecule has 1 aromatic rings. The molecule has 0 aliphatic carbocycles. The lowest BCUT2D eigenvalue weighted by Crippen LogP contribution is -2.29. The molecule has 1 aliphatic heterocycles. The first-order valence-electron chi connectivity index (χ1n) is 5.73. The van der Waals surface area contributed by atoms with Crippen LogP contribution in [0.5, 0.6) is 0 Å². The third kappa shape index (κ3) is 2.38. The highest BCUT2D eigenvalue weighted by Crippen LogP contribution is 2.17. The SMILES string of the molecule is C=Cc1nc(CN(C)CC#N)c2n1CCNC2. The molecule has 0 aromatic carbocycles. The number of nitrogens with zero attached hydrogens (tertiary/aromatic N) is 4. The number of hydrogen-bond donors (Lipinski definition) is 1. The molecule has 1 aromatic heterocycles. The summed E-state index contributed by atoms with van der Waals surface area (Å²) in [6, 6.07) is 2.14. The van der Waals surface area contributed by atoms with Gasteiger partial charge in [-0.3, -0.25) is 4.90 Å². The standard InChI is InChI=1S/C12H17N5/c1-3-12-15-10(9-16(2)6-4-13)11-8-14-5-7-17(11)12/h3,14H,1,5-9H2,2H3. The van der Waals surface area contributed by atoms with E-state index in [0.29, 0.717) is 13.1 Å². The molecule has 0 unspecified atom stereocenters. The smallest absolute Gasteiger partial charge is 0.132 e. The van der Waals surface area contributed by atoms with Gasteiger partial charge in [-0.15, -0.1) is 0 Å². The molecule has 0 bridgehead atoms. The summed E-state index contributed by atoms with van der Waals surface area (Å²) >= 11 is 0. The molecule has 90 valence electrons. The van der Waals surface area contributed by atoms with Gasteiger partial charge in [0.15, 0.2) is 0 Å². The van der Waals surface area contributed by atoms with Crippen molar-refractivity contribution in [3.05, 3.63) is 23.8 Å². The Kier molecular flexibility index (Phi) is 3.57. The Balaban J connectivity index is 2.25. The zero-order chi connectivity index (χ0) is 12.3. The maximum absolute atomic E-state index is 8.66. The molecule has 0 amide bonds.